The van der Waals surface area contributed by atoms with Gasteiger partial charge in [0.05, 0.1) is 20.4 Å². The second-order valence-corrected chi connectivity index (χ2v) is 5.34. The lowest BCUT2D eigenvalue weighted by atomic mass is 10.2. The normalized spacial score (nSPS) is 11.1. The van der Waals surface area contributed by atoms with Crippen LogP contribution in [-0.4, -0.2) is 45.5 Å². The Morgan fingerprint density at radius 1 is 1.17 bits per heavy atom. The van der Waals surface area contributed by atoms with Gasteiger partial charge in [0.1, 0.15) is 17.2 Å². The molecule has 2 aromatic heterocycles. The molecule has 1 aromatic carbocycles. The molecule has 0 bridgehead atoms. The number of aryl methyl sites for hydroxylation is 1. The van der Waals surface area contributed by atoms with E-state index in [9.17, 15) is 0 Å². The van der Waals surface area contributed by atoms with Crippen LogP contribution in [0.3, 0.4) is 0 Å². The maximum Gasteiger partial charge on any atom is 0.216 e. The third kappa shape index (κ3) is 3.06. The van der Waals surface area contributed by atoms with Gasteiger partial charge in [-0.15, -0.1) is 0 Å². The molecule has 24 heavy (non-hydrogen) atoms. The van der Waals surface area contributed by atoms with Crippen LogP contribution in [0.4, 0.5) is 0 Å². The highest BCUT2D eigenvalue weighted by atomic mass is 32.1. The molecule has 2 heterocycles. The Morgan fingerprint density at radius 2 is 2.00 bits per heavy atom. The molecule has 0 unspecified atom stereocenters. The standard InChI is InChI=1S/C15H16N6O2S/c1-9-6-12(18-17-9)14-19-20-15(24)21(14)16-8-10-7-11(22-2)4-5-13(10)23-3/h4-8H,1-3H3,(H,17,18)(H,20,24). The predicted molar refractivity (Wildman–Crippen MR) is 92.3 cm³/mol. The highest BCUT2D eigenvalue weighted by Crippen LogP contribution is 2.23. The molecule has 0 amide bonds. The first-order valence-electron chi connectivity index (χ1n) is 7.08. The summed E-state index contributed by atoms with van der Waals surface area (Å²) in [6.07, 6.45) is 1.63. The number of aromatic nitrogens is 5. The molecule has 3 rings (SSSR count). The van der Waals surface area contributed by atoms with Crippen LogP contribution in [-0.2, 0) is 0 Å². The van der Waals surface area contributed by atoms with Crippen molar-refractivity contribution in [2.45, 2.75) is 6.92 Å². The topological polar surface area (TPSA) is 93.1 Å². The van der Waals surface area contributed by atoms with Crippen LogP contribution in [0.15, 0.2) is 29.4 Å². The first-order chi connectivity index (χ1) is 11.6. The lowest BCUT2D eigenvalue weighted by Crippen LogP contribution is -1.97. The van der Waals surface area contributed by atoms with Gasteiger partial charge in [0.15, 0.2) is 0 Å². The molecule has 0 fully saturated rings. The van der Waals surface area contributed by atoms with Gasteiger partial charge < -0.3 is 9.47 Å². The molecule has 2 N–H and O–H groups in total. The third-order valence-electron chi connectivity index (χ3n) is 3.33. The van der Waals surface area contributed by atoms with E-state index in [-0.39, 0.29) is 0 Å². The zero-order valence-corrected chi connectivity index (χ0v) is 14.2. The Balaban J connectivity index is 2.02. The van der Waals surface area contributed by atoms with Crippen molar-refractivity contribution in [2.24, 2.45) is 5.10 Å². The number of aromatic amines is 2. The summed E-state index contributed by atoms with van der Waals surface area (Å²) in [4.78, 5) is 0. The summed E-state index contributed by atoms with van der Waals surface area (Å²) in [5.41, 5.74) is 2.32. The minimum Gasteiger partial charge on any atom is -0.497 e. The van der Waals surface area contributed by atoms with Crippen molar-refractivity contribution in [1.82, 2.24) is 25.1 Å². The number of H-pyrrole nitrogens is 2. The maximum atomic E-state index is 5.34. The van der Waals surface area contributed by atoms with E-state index in [1.54, 1.807) is 20.4 Å². The van der Waals surface area contributed by atoms with Crippen molar-refractivity contribution >= 4 is 18.4 Å². The summed E-state index contributed by atoms with van der Waals surface area (Å²) in [6, 6.07) is 7.32. The number of nitrogens with zero attached hydrogens (tertiary/aromatic N) is 4. The maximum absolute atomic E-state index is 5.34. The fourth-order valence-corrected chi connectivity index (χ4v) is 2.34. The summed E-state index contributed by atoms with van der Waals surface area (Å²) in [5.74, 6) is 1.89. The number of benzene rings is 1. The molecule has 0 aliphatic rings. The molecular weight excluding hydrogens is 328 g/mol. The highest BCUT2D eigenvalue weighted by molar-refractivity contribution is 7.71. The van der Waals surface area contributed by atoms with Crippen molar-refractivity contribution in [2.75, 3.05) is 14.2 Å². The first-order valence-corrected chi connectivity index (χ1v) is 7.49. The SMILES string of the molecule is COc1ccc(OC)c(C=Nn2c(-c3cc(C)[nH]n3)n[nH]c2=S)c1. The average Bonchev–Trinajstić information content (AvgIpc) is 3.18. The number of hydrogen-bond acceptors (Lipinski definition) is 6. The molecule has 0 spiro atoms. The number of hydrogen-bond donors (Lipinski definition) is 2. The van der Waals surface area contributed by atoms with Crippen LogP contribution < -0.4 is 9.47 Å². The fourth-order valence-electron chi connectivity index (χ4n) is 2.16. The number of rotatable bonds is 5. The summed E-state index contributed by atoms with van der Waals surface area (Å²) < 4.78 is 12.4. The lowest BCUT2D eigenvalue weighted by molar-refractivity contribution is 0.402. The smallest absolute Gasteiger partial charge is 0.216 e. The van der Waals surface area contributed by atoms with E-state index >= 15 is 0 Å². The zero-order chi connectivity index (χ0) is 17.1. The molecule has 0 atom stereocenters. The summed E-state index contributed by atoms with van der Waals surface area (Å²) in [5, 5.41) is 18.4. The van der Waals surface area contributed by atoms with E-state index in [4.69, 9.17) is 21.7 Å². The molecular formula is C15H16N6O2S. The van der Waals surface area contributed by atoms with E-state index < -0.39 is 0 Å². The van der Waals surface area contributed by atoms with Gasteiger partial charge >= 0.3 is 0 Å². The monoisotopic (exact) mass is 344 g/mol. The molecule has 124 valence electrons. The number of nitrogens with one attached hydrogen (secondary N) is 2. The molecule has 0 saturated carbocycles. The molecule has 0 radical (unpaired) electrons. The van der Waals surface area contributed by atoms with E-state index in [1.165, 1.54) is 4.68 Å². The lowest BCUT2D eigenvalue weighted by Gasteiger charge is -2.06. The first kappa shape index (κ1) is 15.9. The quantitative estimate of drug-likeness (QED) is 0.548. The molecule has 8 nitrogen and oxygen atoms in total. The van der Waals surface area contributed by atoms with Crippen LogP contribution in [0.1, 0.15) is 11.3 Å². The van der Waals surface area contributed by atoms with E-state index in [0.717, 1.165) is 11.3 Å². The summed E-state index contributed by atoms with van der Waals surface area (Å²) >= 11 is 5.24. The minimum atomic E-state index is 0.365. The predicted octanol–water partition coefficient (Wildman–Crippen LogP) is 2.54. The number of methoxy groups -OCH3 is 2. The second-order valence-electron chi connectivity index (χ2n) is 4.95. The molecule has 0 aliphatic carbocycles. The van der Waals surface area contributed by atoms with Crippen molar-refractivity contribution in [3.05, 3.63) is 40.3 Å². The van der Waals surface area contributed by atoms with Gasteiger partial charge in [-0.2, -0.15) is 20.0 Å². The minimum absolute atomic E-state index is 0.365. The highest BCUT2D eigenvalue weighted by Gasteiger charge is 2.11. The van der Waals surface area contributed by atoms with Gasteiger partial charge in [-0.3, -0.25) is 5.10 Å². The molecule has 0 saturated heterocycles. The van der Waals surface area contributed by atoms with Crippen molar-refractivity contribution < 1.29 is 9.47 Å². The van der Waals surface area contributed by atoms with Crippen LogP contribution >= 0.6 is 12.2 Å². The molecule has 9 heteroatoms. The van der Waals surface area contributed by atoms with Crippen LogP contribution in [0.5, 0.6) is 11.5 Å². The van der Waals surface area contributed by atoms with E-state index in [2.05, 4.69) is 25.5 Å². The van der Waals surface area contributed by atoms with Gasteiger partial charge in [0.2, 0.25) is 10.6 Å². The van der Waals surface area contributed by atoms with Gasteiger partial charge in [-0.05, 0) is 43.4 Å². The van der Waals surface area contributed by atoms with Crippen molar-refractivity contribution in [3.8, 4) is 23.0 Å². The summed E-state index contributed by atoms with van der Waals surface area (Å²) in [6.45, 7) is 1.91. The van der Waals surface area contributed by atoms with Gasteiger partial charge in [-0.25, -0.2) is 5.10 Å². The Kier molecular flexibility index (Phi) is 4.43. The Bertz CT molecular complexity index is 940. The van der Waals surface area contributed by atoms with Crippen molar-refractivity contribution in [1.29, 1.82) is 0 Å². The fraction of sp³-hybridized carbons (Fsp3) is 0.200. The largest absolute Gasteiger partial charge is 0.497 e. The Morgan fingerprint density at radius 3 is 2.67 bits per heavy atom. The third-order valence-corrected chi connectivity index (χ3v) is 3.60. The number of ether oxygens (including phenoxy) is 2. The Hall–Kier alpha value is -2.94. The molecule has 0 aliphatic heterocycles. The van der Waals surface area contributed by atoms with E-state index in [1.807, 2.05) is 31.2 Å². The van der Waals surface area contributed by atoms with Gasteiger partial charge in [-0.1, -0.05) is 0 Å². The van der Waals surface area contributed by atoms with Crippen LogP contribution in [0.2, 0.25) is 0 Å². The molecule has 3 aromatic rings. The zero-order valence-electron chi connectivity index (χ0n) is 13.4. The van der Waals surface area contributed by atoms with E-state index in [0.29, 0.717) is 27.8 Å². The van der Waals surface area contributed by atoms with Crippen molar-refractivity contribution in [3.63, 3.8) is 0 Å². The average molecular weight is 344 g/mol. The summed E-state index contributed by atoms with van der Waals surface area (Å²) in [7, 11) is 3.20. The Labute approximate surface area is 143 Å². The second kappa shape index (κ2) is 6.67. The van der Waals surface area contributed by atoms with Crippen LogP contribution in [0.25, 0.3) is 11.5 Å². The van der Waals surface area contributed by atoms with Gasteiger partial charge in [0.25, 0.3) is 0 Å². The van der Waals surface area contributed by atoms with Gasteiger partial charge in [0, 0.05) is 11.3 Å². The van der Waals surface area contributed by atoms with Crippen LogP contribution in [0, 0.1) is 11.7 Å².